The average Bonchev–Trinajstić information content (AvgIpc) is 2.57. The van der Waals surface area contributed by atoms with Crippen molar-refractivity contribution in [1.82, 2.24) is 4.98 Å². The molecule has 70 valence electrons. The Morgan fingerprint density at radius 1 is 1.36 bits per heavy atom. The van der Waals surface area contributed by atoms with Gasteiger partial charge in [0.2, 0.25) is 0 Å². The van der Waals surface area contributed by atoms with Crippen molar-refractivity contribution in [1.29, 1.82) is 0 Å². The molecule has 0 fully saturated rings. The summed E-state index contributed by atoms with van der Waals surface area (Å²) in [5, 5.41) is 1.24. The third kappa shape index (κ3) is 1.77. The Balaban J connectivity index is 2.40. The lowest BCUT2D eigenvalue weighted by Gasteiger charge is -1.86. The van der Waals surface area contributed by atoms with E-state index in [1.807, 2.05) is 31.2 Å². The minimum Gasteiger partial charge on any atom is -0.355 e. The molecule has 0 spiro atoms. The van der Waals surface area contributed by atoms with Gasteiger partial charge in [0, 0.05) is 11.2 Å². The maximum Gasteiger partial charge on any atom is 0.0458 e. The zero-order valence-corrected chi connectivity index (χ0v) is 8.25. The fourth-order valence-corrected chi connectivity index (χ4v) is 1.42. The number of H-pyrrole nitrogens is 1. The van der Waals surface area contributed by atoms with Gasteiger partial charge in [0.1, 0.15) is 0 Å². The molecule has 0 saturated heterocycles. The number of rotatable bonds is 2. The lowest BCUT2D eigenvalue weighted by atomic mass is 10.2. The molecular weight excluding hydrogens is 170 g/mol. The Labute approximate surface area is 83.8 Å². The van der Waals surface area contributed by atoms with Crippen LogP contribution in [0.15, 0.2) is 48.6 Å². The maximum absolute atomic E-state index is 3.82. The van der Waals surface area contributed by atoms with E-state index in [1.54, 1.807) is 0 Å². The van der Waals surface area contributed by atoms with E-state index in [9.17, 15) is 0 Å². The number of aromatic amines is 1. The summed E-state index contributed by atoms with van der Waals surface area (Å²) < 4.78 is 0. The highest BCUT2D eigenvalue weighted by Gasteiger charge is 1.95. The SMILES string of the molecule is C=C(C)C=Cc1cc2ccccc2[nH]1. The van der Waals surface area contributed by atoms with Gasteiger partial charge < -0.3 is 4.98 Å². The zero-order valence-electron chi connectivity index (χ0n) is 8.25. The average molecular weight is 183 g/mol. The third-order valence-corrected chi connectivity index (χ3v) is 2.10. The zero-order chi connectivity index (χ0) is 9.97. The van der Waals surface area contributed by atoms with Crippen LogP contribution < -0.4 is 0 Å². The summed E-state index contributed by atoms with van der Waals surface area (Å²) in [6.07, 6.45) is 4.05. The summed E-state index contributed by atoms with van der Waals surface area (Å²) in [4.78, 5) is 3.32. The van der Waals surface area contributed by atoms with Gasteiger partial charge in [0.25, 0.3) is 0 Å². The van der Waals surface area contributed by atoms with Gasteiger partial charge in [-0.25, -0.2) is 0 Å². The van der Waals surface area contributed by atoms with Crippen molar-refractivity contribution in [3.63, 3.8) is 0 Å². The first-order valence-electron chi connectivity index (χ1n) is 4.67. The fraction of sp³-hybridized carbons (Fsp3) is 0.0769. The van der Waals surface area contributed by atoms with Crippen LogP contribution in [0.5, 0.6) is 0 Å². The monoisotopic (exact) mass is 183 g/mol. The highest BCUT2D eigenvalue weighted by atomic mass is 14.7. The highest BCUT2D eigenvalue weighted by Crippen LogP contribution is 2.15. The smallest absolute Gasteiger partial charge is 0.0458 e. The van der Waals surface area contributed by atoms with Crippen molar-refractivity contribution in [3.05, 3.63) is 54.3 Å². The Morgan fingerprint density at radius 3 is 2.86 bits per heavy atom. The van der Waals surface area contributed by atoms with Crippen LogP contribution in [0.2, 0.25) is 0 Å². The molecule has 1 nitrogen and oxygen atoms in total. The number of para-hydroxylation sites is 1. The molecule has 0 aliphatic rings. The minimum atomic E-state index is 1.06. The van der Waals surface area contributed by atoms with Crippen molar-refractivity contribution in [3.8, 4) is 0 Å². The van der Waals surface area contributed by atoms with Crippen molar-refractivity contribution < 1.29 is 0 Å². The molecule has 0 bridgehead atoms. The van der Waals surface area contributed by atoms with Gasteiger partial charge in [-0.2, -0.15) is 0 Å². The number of fused-ring (bicyclic) bond motifs is 1. The quantitative estimate of drug-likeness (QED) is 0.682. The lowest BCUT2D eigenvalue weighted by molar-refractivity contribution is 1.42. The molecule has 0 radical (unpaired) electrons. The first-order chi connectivity index (χ1) is 6.75. The van der Waals surface area contributed by atoms with E-state index in [0.717, 1.165) is 11.3 Å². The molecule has 1 heterocycles. The Hall–Kier alpha value is -1.76. The van der Waals surface area contributed by atoms with E-state index in [4.69, 9.17) is 0 Å². The molecule has 0 amide bonds. The van der Waals surface area contributed by atoms with Gasteiger partial charge in [-0.3, -0.25) is 0 Å². The minimum absolute atomic E-state index is 1.06. The van der Waals surface area contributed by atoms with E-state index < -0.39 is 0 Å². The molecule has 0 unspecified atom stereocenters. The molecule has 0 atom stereocenters. The Kier molecular flexibility index (Phi) is 2.23. The molecule has 2 aromatic rings. The third-order valence-electron chi connectivity index (χ3n) is 2.10. The van der Waals surface area contributed by atoms with Crippen LogP contribution in [0.4, 0.5) is 0 Å². The Bertz CT molecular complexity index is 456. The van der Waals surface area contributed by atoms with Gasteiger partial charge in [0.15, 0.2) is 0 Å². The second-order valence-electron chi connectivity index (χ2n) is 3.49. The Morgan fingerprint density at radius 2 is 2.14 bits per heavy atom. The molecular formula is C13H13N. The second-order valence-corrected chi connectivity index (χ2v) is 3.49. The first-order valence-corrected chi connectivity index (χ1v) is 4.67. The normalized spacial score (nSPS) is 11.2. The van der Waals surface area contributed by atoms with Crippen LogP contribution >= 0.6 is 0 Å². The van der Waals surface area contributed by atoms with Gasteiger partial charge >= 0.3 is 0 Å². The van der Waals surface area contributed by atoms with Gasteiger partial charge in [-0.1, -0.05) is 36.4 Å². The fourth-order valence-electron chi connectivity index (χ4n) is 1.42. The summed E-state index contributed by atoms with van der Waals surface area (Å²) in [5.74, 6) is 0. The van der Waals surface area contributed by atoms with Gasteiger partial charge in [-0.15, -0.1) is 0 Å². The molecule has 1 aromatic heterocycles. The number of aromatic nitrogens is 1. The van der Waals surface area contributed by atoms with Crippen LogP contribution in [-0.2, 0) is 0 Å². The summed E-state index contributed by atoms with van der Waals surface area (Å²) in [7, 11) is 0. The topological polar surface area (TPSA) is 15.8 Å². The van der Waals surface area contributed by atoms with Crippen molar-refractivity contribution in [2.45, 2.75) is 6.92 Å². The molecule has 1 N–H and O–H groups in total. The molecule has 2 rings (SSSR count). The van der Waals surface area contributed by atoms with Crippen LogP contribution in [0.3, 0.4) is 0 Å². The predicted molar refractivity (Wildman–Crippen MR) is 62.1 cm³/mol. The number of nitrogens with one attached hydrogen (secondary N) is 1. The second kappa shape index (κ2) is 3.54. The van der Waals surface area contributed by atoms with Gasteiger partial charge in [-0.05, 0) is 30.5 Å². The van der Waals surface area contributed by atoms with Crippen LogP contribution in [0.1, 0.15) is 12.6 Å². The molecule has 0 aliphatic heterocycles. The van der Waals surface area contributed by atoms with Gasteiger partial charge in [0.05, 0.1) is 0 Å². The summed E-state index contributed by atoms with van der Waals surface area (Å²) in [6, 6.07) is 10.4. The van der Waals surface area contributed by atoms with E-state index in [1.165, 1.54) is 10.9 Å². The van der Waals surface area contributed by atoms with E-state index in [2.05, 4.69) is 29.8 Å². The largest absolute Gasteiger partial charge is 0.355 e. The number of allylic oxidation sites excluding steroid dienone is 2. The van der Waals surface area contributed by atoms with E-state index in [-0.39, 0.29) is 0 Å². The molecule has 0 saturated carbocycles. The highest BCUT2D eigenvalue weighted by molar-refractivity contribution is 5.82. The van der Waals surface area contributed by atoms with Crippen molar-refractivity contribution in [2.24, 2.45) is 0 Å². The lowest BCUT2D eigenvalue weighted by Crippen LogP contribution is -1.69. The van der Waals surface area contributed by atoms with Crippen molar-refractivity contribution in [2.75, 3.05) is 0 Å². The molecule has 1 heteroatoms. The predicted octanol–water partition coefficient (Wildman–Crippen LogP) is 3.76. The molecule has 1 aromatic carbocycles. The standard InChI is InChI=1S/C13H13N/c1-10(2)7-8-12-9-11-5-3-4-6-13(11)14-12/h3-9,14H,1H2,2H3. The number of hydrogen-bond acceptors (Lipinski definition) is 0. The van der Waals surface area contributed by atoms with E-state index in [0.29, 0.717) is 0 Å². The summed E-state index contributed by atoms with van der Waals surface area (Å²) in [5.41, 5.74) is 3.35. The van der Waals surface area contributed by atoms with E-state index >= 15 is 0 Å². The van der Waals surface area contributed by atoms with Crippen molar-refractivity contribution >= 4 is 17.0 Å². The van der Waals surface area contributed by atoms with Crippen LogP contribution in [-0.4, -0.2) is 4.98 Å². The first kappa shape index (κ1) is 8.82. The maximum atomic E-state index is 3.82. The number of benzene rings is 1. The van der Waals surface area contributed by atoms with Crippen LogP contribution in [0, 0.1) is 0 Å². The molecule has 0 aliphatic carbocycles. The van der Waals surface area contributed by atoms with Crippen LogP contribution in [0.25, 0.3) is 17.0 Å². The summed E-state index contributed by atoms with van der Waals surface area (Å²) in [6.45, 7) is 5.81. The summed E-state index contributed by atoms with van der Waals surface area (Å²) >= 11 is 0. The number of hydrogen-bond donors (Lipinski definition) is 1. The molecule has 14 heavy (non-hydrogen) atoms.